The average Bonchev–Trinajstić information content (AvgIpc) is 3.38. The van der Waals surface area contributed by atoms with E-state index in [0.717, 1.165) is 55.6 Å². The molecule has 0 aliphatic carbocycles. The van der Waals surface area contributed by atoms with E-state index in [4.69, 9.17) is 9.72 Å². The van der Waals surface area contributed by atoms with Gasteiger partial charge in [0, 0.05) is 45.5 Å². The Bertz CT molecular complexity index is 776. The molecule has 2 aromatic rings. The van der Waals surface area contributed by atoms with Crippen LogP contribution in [-0.2, 0) is 6.42 Å². The first-order valence-electron chi connectivity index (χ1n) is 9.97. The molecule has 8 heteroatoms. The monoisotopic (exact) mass is 529 g/mol. The zero-order valence-electron chi connectivity index (χ0n) is 17.6. The summed E-state index contributed by atoms with van der Waals surface area (Å²) in [7, 11) is 3.85. The fourth-order valence-corrected chi connectivity index (χ4v) is 4.18. The van der Waals surface area contributed by atoms with E-state index in [1.54, 1.807) is 11.3 Å². The lowest BCUT2D eigenvalue weighted by atomic mass is 10.2. The Kier molecular flexibility index (Phi) is 9.99. The zero-order valence-corrected chi connectivity index (χ0v) is 20.7. The molecule has 1 aliphatic heterocycles. The second kappa shape index (κ2) is 12.2. The van der Waals surface area contributed by atoms with Crippen molar-refractivity contribution in [3.8, 4) is 5.75 Å². The number of aryl methyl sites for hydroxylation is 1. The highest BCUT2D eigenvalue weighted by Crippen LogP contribution is 2.24. The first-order valence-corrected chi connectivity index (χ1v) is 10.8. The fourth-order valence-electron chi connectivity index (χ4n) is 3.27. The number of nitrogens with one attached hydrogen (secondary N) is 1. The van der Waals surface area contributed by atoms with Crippen molar-refractivity contribution in [2.75, 3.05) is 51.8 Å². The summed E-state index contributed by atoms with van der Waals surface area (Å²) in [6.07, 6.45) is 3.47. The van der Waals surface area contributed by atoms with Gasteiger partial charge < -0.3 is 19.9 Å². The molecule has 160 valence electrons. The maximum absolute atomic E-state index is 5.89. The zero-order chi connectivity index (χ0) is 19.8. The lowest BCUT2D eigenvalue weighted by Crippen LogP contribution is -2.41. The van der Waals surface area contributed by atoms with Gasteiger partial charge in [-0.1, -0.05) is 18.2 Å². The van der Waals surface area contributed by atoms with Gasteiger partial charge >= 0.3 is 0 Å². The molecule has 1 aliphatic rings. The second-order valence-electron chi connectivity index (χ2n) is 7.08. The number of likely N-dealkylation sites (N-methyl/N-ethyl adjacent to an activating group) is 1. The van der Waals surface area contributed by atoms with Gasteiger partial charge in [0.15, 0.2) is 11.1 Å². The number of hydrogen-bond donors (Lipinski definition) is 1. The number of ether oxygens (including phenoxy) is 1. The van der Waals surface area contributed by atoms with E-state index >= 15 is 0 Å². The number of guanidine groups is 1. The van der Waals surface area contributed by atoms with Crippen molar-refractivity contribution in [2.45, 2.75) is 26.2 Å². The molecule has 0 bridgehead atoms. The smallest absolute Gasteiger partial charge is 0.193 e. The summed E-state index contributed by atoms with van der Waals surface area (Å²) in [6, 6.07) is 8.09. The molecule has 2 heterocycles. The summed E-state index contributed by atoms with van der Waals surface area (Å²) in [4.78, 5) is 13.6. The van der Waals surface area contributed by atoms with Crippen LogP contribution < -0.4 is 15.0 Å². The largest absolute Gasteiger partial charge is 0.491 e. The summed E-state index contributed by atoms with van der Waals surface area (Å²) in [5.41, 5.74) is 2.31. The third-order valence-corrected chi connectivity index (χ3v) is 5.88. The van der Waals surface area contributed by atoms with Crippen LogP contribution in [0.2, 0.25) is 0 Å². The molecule has 0 unspecified atom stereocenters. The summed E-state index contributed by atoms with van der Waals surface area (Å²) in [5, 5.41) is 6.78. The van der Waals surface area contributed by atoms with E-state index in [-0.39, 0.29) is 24.0 Å². The van der Waals surface area contributed by atoms with Crippen molar-refractivity contribution in [2.24, 2.45) is 4.99 Å². The lowest BCUT2D eigenvalue weighted by molar-refractivity contribution is 0.280. The highest BCUT2D eigenvalue weighted by atomic mass is 127. The van der Waals surface area contributed by atoms with Gasteiger partial charge in [-0.3, -0.25) is 4.99 Å². The number of benzene rings is 1. The summed E-state index contributed by atoms with van der Waals surface area (Å²) in [6.45, 7) is 6.56. The van der Waals surface area contributed by atoms with Crippen LogP contribution in [0, 0.1) is 6.92 Å². The predicted octanol–water partition coefficient (Wildman–Crippen LogP) is 3.80. The summed E-state index contributed by atoms with van der Waals surface area (Å²) in [5.74, 6) is 1.82. The normalized spacial score (nSPS) is 13.9. The highest BCUT2D eigenvalue weighted by Gasteiger charge is 2.15. The van der Waals surface area contributed by atoms with Crippen molar-refractivity contribution in [3.05, 3.63) is 40.9 Å². The maximum atomic E-state index is 5.89. The van der Waals surface area contributed by atoms with Crippen LogP contribution in [-0.4, -0.2) is 62.7 Å². The third kappa shape index (κ3) is 7.02. The number of aliphatic imine (C=N–C) groups is 1. The van der Waals surface area contributed by atoms with Crippen LogP contribution in [0.3, 0.4) is 0 Å². The molecule has 1 aromatic heterocycles. The number of nitrogens with zero attached hydrogens (tertiary/aromatic N) is 4. The van der Waals surface area contributed by atoms with E-state index in [1.807, 2.05) is 32.3 Å². The molecule has 0 spiro atoms. The number of rotatable bonds is 8. The van der Waals surface area contributed by atoms with Crippen LogP contribution in [0.25, 0.3) is 0 Å². The van der Waals surface area contributed by atoms with E-state index in [9.17, 15) is 0 Å². The van der Waals surface area contributed by atoms with Crippen LogP contribution in [0.4, 0.5) is 5.13 Å². The van der Waals surface area contributed by atoms with Crippen molar-refractivity contribution >= 4 is 46.4 Å². The standard InChI is InChI=1S/C21H31N5OS.HI/c1-17-8-4-5-9-19(17)27-15-14-25(3)20(22-2)23-11-10-18-16-28-21(24-18)26-12-6-7-13-26;/h4-5,8-9,16H,6-7,10-15H2,1-3H3,(H,22,23);1H. The summed E-state index contributed by atoms with van der Waals surface area (Å²) < 4.78 is 5.89. The Morgan fingerprint density at radius 3 is 2.79 bits per heavy atom. The Morgan fingerprint density at radius 2 is 2.07 bits per heavy atom. The van der Waals surface area contributed by atoms with E-state index in [0.29, 0.717) is 6.61 Å². The van der Waals surface area contributed by atoms with Gasteiger partial charge in [0.25, 0.3) is 0 Å². The minimum Gasteiger partial charge on any atom is -0.491 e. The van der Waals surface area contributed by atoms with Crippen LogP contribution >= 0.6 is 35.3 Å². The Labute approximate surface area is 195 Å². The molecule has 1 fully saturated rings. The van der Waals surface area contributed by atoms with Gasteiger partial charge in [-0.2, -0.15) is 0 Å². The molecule has 1 aromatic carbocycles. The number of hydrogen-bond acceptors (Lipinski definition) is 5. The molecule has 3 rings (SSSR count). The van der Waals surface area contributed by atoms with Crippen molar-refractivity contribution in [1.29, 1.82) is 0 Å². The molecule has 1 saturated heterocycles. The van der Waals surface area contributed by atoms with Gasteiger partial charge in [0.2, 0.25) is 0 Å². The fraction of sp³-hybridized carbons (Fsp3) is 0.524. The Hall–Kier alpha value is -1.55. The quantitative estimate of drug-likeness (QED) is 0.321. The van der Waals surface area contributed by atoms with Crippen molar-refractivity contribution in [1.82, 2.24) is 15.2 Å². The molecular formula is C21H32IN5OS. The van der Waals surface area contributed by atoms with Crippen molar-refractivity contribution in [3.63, 3.8) is 0 Å². The van der Waals surface area contributed by atoms with E-state index in [2.05, 4.69) is 38.5 Å². The first-order chi connectivity index (χ1) is 13.7. The van der Waals surface area contributed by atoms with E-state index in [1.165, 1.54) is 18.0 Å². The SMILES string of the molecule is CN=C(NCCc1csc(N2CCCC2)n1)N(C)CCOc1ccccc1C.I. The minimum absolute atomic E-state index is 0. The van der Waals surface area contributed by atoms with Gasteiger partial charge in [-0.25, -0.2) is 4.98 Å². The van der Waals surface area contributed by atoms with Gasteiger partial charge in [0.05, 0.1) is 12.2 Å². The van der Waals surface area contributed by atoms with Crippen LogP contribution in [0.15, 0.2) is 34.6 Å². The molecule has 0 atom stereocenters. The molecule has 0 saturated carbocycles. The Balaban J connectivity index is 0.00000300. The maximum Gasteiger partial charge on any atom is 0.193 e. The number of thiazole rings is 1. The van der Waals surface area contributed by atoms with Crippen LogP contribution in [0.1, 0.15) is 24.1 Å². The molecule has 0 amide bonds. The number of halogens is 1. The minimum atomic E-state index is 0. The Morgan fingerprint density at radius 1 is 1.31 bits per heavy atom. The molecular weight excluding hydrogens is 497 g/mol. The average molecular weight is 529 g/mol. The first kappa shape index (κ1) is 23.7. The van der Waals surface area contributed by atoms with Crippen LogP contribution in [0.5, 0.6) is 5.75 Å². The molecule has 0 radical (unpaired) electrons. The van der Waals surface area contributed by atoms with Gasteiger partial charge in [-0.05, 0) is 31.4 Å². The molecule has 1 N–H and O–H groups in total. The summed E-state index contributed by atoms with van der Waals surface area (Å²) >= 11 is 1.76. The second-order valence-corrected chi connectivity index (χ2v) is 7.91. The molecule has 29 heavy (non-hydrogen) atoms. The lowest BCUT2D eigenvalue weighted by Gasteiger charge is -2.22. The highest BCUT2D eigenvalue weighted by molar-refractivity contribution is 14.0. The predicted molar refractivity (Wildman–Crippen MR) is 133 cm³/mol. The molecule has 6 nitrogen and oxygen atoms in total. The third-order valence-electron chi connectivity index (χ3n) is 4.93. The number of para-hydroxylation sites is 1. The topological polar surface area (TPSA) is 53.0 Å². The number of aromatic nitrogens is 1. The van der Waals surface area contributed by atoms with E-state index < -0.39 is 0 Å². The van der Waals surface area contributed by atoms with Gasteiger partial charge in [-0.15, -0.1) is 35.3 Å². The van der Waals surface area contributed by atoms with Crippen molar-refractivity contribution < 1.29 is 4.74 Å². The number of anilines is 1. The van der Waals surface area contributed by atoms with Gasteiger partial charge in [0.1, 0.15) is 12.4 Å².